The molecule has 0 amide bonds. The van der Waals surface area contributed by atoms with Crippen molar-refractivity contribution in [2.45, 2.75) is 26.0 Å². The molecule has 0 aliphatic rings. The molecule has 0 aliphatic heterocycles. The van der Waals surface area contributed by atoms with Crippen LogP contribution in [0.3, 0.4) is 0 Å². The Morgan fingerprint density at radius 2 is 1.60 bits per heavy atom. The molecule has 0 fully saturated rings. The molecule has 5 rings (SSSR count). The quantitative estimate of drug-likeness (QED) is 0.192. The van der Waals surface area contributed by atoms with E-state index in [1.807, 2.05) is 36.5 Å². The highest BCUT2D eigenvalue weighted by Crippen LogP contribution is 2.31. The van der Waals surface area contributed by atoms with E-state index >= 15 is 0 Å². The van der Waals surface area contributed by atoms with Crippen molar-refractivity contribution in [1.29, 1.82) is 0 Å². The summed E-state index contributed by atoms with van der Waals surface area (Å²) in [7, 11) is 0. The highest BCUT2D eigenvalue weighted by molar-refractivity contribution is 6.36. The summed E-state index contributed by atoms with van der Waals surface area (Å²) < 4.78 is 21.1. The van der Waals surface area contributed by atoms with Crippen molar-refractivity contribution in [3.8, 4) is 28.1 Å². The third-order valence-electron chi connectivity index (χ3n) is 6.56. The van der Waals surface area contributed by atoms with E-state index in [2.05, 4.69) is 23.6 Å². The molecular formula is C32H25Cl2FN2O3. The van der Waals surface area contributed by atoms with Gasteiger partial charge in [-0.15, -0.1) is 0 Å². The fraction of sp³-hybridized carbons (Fsp3) is 0.125. The molecule has 1 heterocycles. The van der Waals surface area contributed by atoms with Crippen molar-refractivity contribution in [3.05, 3.63) is 130 Å². The summed E-state index contributed by atoms with van der Waals surface area (Å²) in [6.07, 6.45) is 1.43. The van der Waals surface area contributed by atoms with E-state index in [0.29, 0.717) is 27.8 Å². The van der Waals surface area contributed by atoms with Crippen LogP contribution in [0.2, 0.25) is 10.0 Å². The van der Waals surface area contributed by atoms with Crippen LogP contribution in [0.1, 0.15) is 30.0 Å². The van der Waals surface area contributed by atoms with Gasteiger partial charge in [-0.1, -0.05) is 71.7 Å². The fourth-order valence-corrected chi connectivity index (χ4v) is 4.96. The Bertz CT molecular complexity index is 1630. The number of carboxylic acids is 1. The van der Waals surface area contributed by atoms with Crippen molar-refractivity contribution >= 4 is 29.2 Å². The first-order valence-electron chi connectivity index (χ1n) is 12.7. The van der Waals surface area contributed by atoms with Gasteiger partial charge >= 0.3 is 5.97 Å². The Morgan fingerprint density at radius 1 is 0.950 bits per heavy atom. The molecule has 1 unspecified atom stereocenters. The number of halogens is 3. The van der Waals surface area contributed by atoms with Crippen LogP contribution in [0.4, 0.5) is 4.39 Å². The lowest BCUT2D eigenvalue weighted by atomic mass is 10.0. The first-order valence-corrected chi connectivity index (χ1v) is 13.4. The molecule has 5 aromatic rings. The number of ether oxygens (including phenoxy) is 1. The maximum Gasteiger partial charge on any atom is 0.349 e. The van der Waals surface area contributed by atoms with Gasteiger partial charge in [0.1, 0.15) is 17.4 Å². The smallest absolute Gasteiger partial charge is 0.349 e. The van der Waals surface area contributed by atoms with Crippen LogP contribution in [-0.2, 0) is 17.8 Å². The number of carboxylic acid groups (broad SMARTS) is 1. The highest BCUT2D eigenvalue weighted by Gasteiger charge is 2.22. The van der Waals surface area contributed by atoms with E-state index in [0.717, 1.165) is 40.3 Å². The maximum atomic E-state index is 13.2. The standard InChI is InChI=1S/C32H25Cl2FN2O3/c1-2-37-19-29(27-16-11-24(33)18-28(27)34)36-30(37)17-20-3-5-21(6-4-20)22-9-14-26(15-10-22)40-31(32(38)39)23-7-12-25(35)13-8-23/h3-16,18-19,31H,2,17H2,1H3,(H,38,39). The van der Waals surface area contributed by atoms with Gasteiger partial charge in [0.25, 0.3) is 0 Å². The maximum absolute atomic E-state index is 13.2. The minimum atomic E-state index is -1.24. The Kier molecular flexibility index (Phi) is 8.19. The summed E-state index contributed by atoms with van der Waals surface area (Å²) in [5.74, 6) is -0.253. The summed E-state index contributed by atoms with van der Waals surface area (Å²) in [5.41, 5.74) is 5.09. The zero-order valence-corrected chi connectivity index (χ0v) is 23.0. The molecule has 0 bridgehead atoms. The van der Waals surface area contributed by atoms with E-state index in [-0.39, 0.29) is 0 Å². The van der Waals surface area contributed by atoms with E-state index in [9.17, 15) is 14.3 Å². The first-order chi connectivity index (χ1) is 19.3. The predicted molar refractivity (Wildman–Crippen MR) is 155 cm³/mol. The molecule has 0 spiro atoms. The summed E-state index contributed by atoms with van der Waals surface area (Å²) in [5, 5.41) is 10.7. The molecule has 40 heavy (non-hydrogen) atoms. The zero-order chi connectivity index (χ0) is 28.2. The van der Waals surface area contributed by atoms with Gasteiger partial charge in [-0.25, -0.2) is 14.2 Å². The number of aliphatic carboxylic acids is 1. The van der Waals surface area contributed by atoms with Crippen molar-refractivity contribution in [2.75, 3.05) is 0 Å². The molecule has 1 aromatic heterocycles. The molecule has 0 saturated heterocycles. The number of aromatic nitrogens is 2. The molecule has 0 aliphatic carbocycles. The number of aryl methyl sites for hydroxylation is 1. The predicted octanol–water partition coefficient (Wildman–Crippen LogP) is 8.48. The summed E-state index contributed by atoms with van der Waals surface area (Å²) in [6, 6.07) is 26.1. The third kappa shape index (κ3) is 6.19. The minimum absolute atomic E-state index is 0.362. The molecular weight excluding hydrogens is 550 g/mol. The molecule has 202 valence electrons. The lowest BCUT2D eigenvalue weighted by molar-refractivity contribution is -0.145. The molecule has 8 heteroatoms. The lowest BCUT2D eigenvalue weighted by Crippen LogP contribution is -2.18. The van der Waals surface area contributed by atoms with Crippen LogP contribution in [0.15, 0.2) is 97.2 Å². The van der Waals surface area contributed by atoms with Gasteiger partial charge in [0.2, 0.25) is 6.10 Å². The topological polar surface area (TPSA) is 64.4 Å². The van der Waals surface area contributed by atoms with Gasteiger partial charge in [0.15, 0.2) is 0 Å². The number of rotatable bonds is 9. The average molecular weight is 575 g/mol. The van der Waals surface area contributed by atoms with Gasteiger partial charge in [0, 0.05) is 35.3 Å². The van der Waals surface area contributed by atoms with Crippen LogP contribution in [-0.4, -0.2) is 20.6 Å². The van der Waals surface area contributed by atoms with Crippen LogP contribution in [0.5, 0.6) is 5.75 Å². The Balaban J connectivity index is 1.29. The molecule has 4 aromatic carbocycles. The van der Waals surface area contributed by atoms with E-state index < -0.39 is 17.9 Å². The van der Waals surface area contributed by atoms with Gasteiger partial charge in [-0.3, -0.25) is 0 Å². The molecule has 5 nitrogen and oxygen atoms in total. The second kappa shape index (κ2) is 11.9. The van der Waals surface area contributed by atoms with Crippen LogP contribution in [0.25, 0.3) is 22.4 Å². The fourth-order valence-electron chi connectivity index (χ4n) is 4.45. The van der Waals surface area contributed by atoms with Gasteiger partial charge < -0.3 is 14.4 Å². The van der Waals surface area contributed by atoms with Crippen molar-refractivity contribution in [3.63, 3.8) is 0 Å². The third-order valence-corrected chi connectivity index (χ3v) is 7.11. The summed E-state index contributed by atoms with van der Waals surface area (Å²) in [6.45, 7) is 2.86. The number of hydrogen-bond acceptors (Lipinski definition) is 3. The Morgan fingerprint density at radius 3 is 2.20 bits per heavy atom. The van der Waals surface area contributed by atoms with Crippen molar-refractivity contribution in [2.24, 2.45) is 0 Å². The first kappa shape index (κ1) is 27.4. The molecule has 0 radical (unpaired) electrons. The van der Waals surface area contributed by atoms with E-state index in [1.54, 1.807) is 24.3 Å². The Hall–Kier alpha value is -4.13. The minimum Gasteiger partial charge on any atom is -0.478 e. The number of imidazole rings is 1. The summed E-state index contributed by atoms with van der Waals surface area (Å²) >= 11 is 12.5. The number of hydrogen-bond donors (Lipinski definition) is 1. The number of nitrogens with zero attached hydrogens (tertiary/aromatic N) is 2. The highest BCUT2D eigenvalue weighted by atomic mass is 35.5. The van der Waals surface area contributed by atoms with Crippen LogP contribution < -0.4 is 4.74 Å². The molecule has 1 N–H and O–H groups in total. The lowest BCUT2D eigenvalue weighted by Gasteiger charge is -2.16. The number of benzene rings is 4. The van der Waals surface area contributed by atoms with Crippen molar-refractivity contribution in [1.82, 2.24) is 9.55 Å². The average Bonchev–Trinajstić information content (AvgIpc) is 3.35. The second-order valence-corrected chi connectivity index (χ2v) is 10.1. The zero-order valence-electron chi connectivity index (χ0n) is 21.5. The normalized spacial score (nSPS) is 11.8. The largest absolute Gasteiger partial charge is 0.478 e. The Labute approximate surface area is 241 Å². The van der Waals surface area contributed by atoms with Gasteiger partial charge in [-0.2, -0.15) is 0 Å². The SMILES string of the molecule is CCn1cc(-c2ccc(Cl)cc2Cl)nc1Cc1ccc(-c2ccc(OC(C(=O)O)c3ccc(F)cc3)cc2)cc1. The summed E-state index contributed by atoms with van der Waals surface area (Å²) in [4.78, 5) is 16.6. The van der Waals surface area contributed by atoms with Crippen LogP contribution in [0, 0.1) is 5.82 Å². The van der Waals surface area contributed by atoms with Gasteiger partial charge in [-0.05, 0) is 66.1 Å². The van der Waals surface area contributed by atoms with E-state index in [1.165, 1.54) is 24.3 Å². The molecule has 1 atom stereocenters. The monoisotopic (exact) mass is 574 g/mol. The molecule has 0 saturated carbocycles. The van der Waals surface area contributed by atoms with Gasteiger partial charge in [0.05, 0.1) is 10.7 Å². The van der Waals surface area contributed by atoms with Crippen molar-refractivity contribution < 1.29 is 19.0 Å². The second-order valence-electron chi connectivity index (χ2n) is 9.24. The number of carbonyl (C=O) groups is 1. The van der Waals surface area contributed by atoms with Crippen LogP contribution >= 0.6 is 23.2 Å². The van der Waals surface area contributed by atoms with E-state index in [4.69, 9.17) is 32.9 Å².